The van der Waals surface area contributed by atoms with Crippen LogP contribution in [0.1, 0.15) is 111 Å². The number of hydrogen-bond donors (Lipinski definition) is 2. The second kappa shape index (κ2) is 16.1. The minimum atomic E-state index is -0.265. The van der Waals surface area contributed by atoms with Gasteiger partial charge < -0.3 is 30.3 Å². The molecule has 0 bridgehead atoms. The van der Waals surface area contributed by atoms with Crippen LogP contribution in [0.4, 0.5) is 11.4 Å². The zero-order chi connectivity index (χ0) is 30.6. The minimum absolute atomic E-state index is 0.243. The van der Waals surface area contributed by atoms with Gasteiger partial charge in [0, 0.05) is 29.3 Å². The summed E-state index contributed by atoms with van der Waals surface area (Å²) in [4.78, 5) is 31.6. The van der Waals surface area contributed by atoms with E-state index in [1.165, 1.54) is 12.4 Å². The number of nitrogens with zero attached hydrogens (tertiary/aromatic N) is 3. The Morgan fingerprint density at radius 2 is 1.02 bits per heavy atom. The third-order valence-corrected chi connectivity index (χ3v) is 8.32. The van der Waals surface area contributed by atoms with Crippen molar-refractivity contribution in [2.45, 2.75) is 79.1 Å². The first-order valence-corrected chi connectivity index (χ1v) is 16.0. The molecular formula is C33H51N5O4. The quantitative estimate of drug-likeness (QED) is 0.115. The zero-order valence-electron chi connectivity index (χ0n) is 26.2. The van der Waals surface area contributed by atoms with Crippen LogP contribution in [0.2, 0.25) is 0 Å². The molecule has 9 nitrogen and oxygen atoms in total. The number of benzene rings is 1. The van der Waals surface area contributed by atoms with Gasteiger partial charge in [-0.15, -0.1) is 0 Å². The molecule has 1 heterocycles. The second-order valence-electron chi connectivity index (χ2n) is 11.7. The van der Waals surface area contributed by atoms with Crippen molar-refractivity contribution in [1.29, 1.82) is 0 Å². The molecular weight excluding hydrogens is 530 g/mol. The van der Waals surface area contributed by atoms with Crippen molar-refractivity contribution in [3.05, 3.63) is 63.3 Å². The summed E-state index contributed by atoms with van der Waals surface area (Å²) in [6, 6.07) is 5.20. The average Bonchev–Trinajstić information content (AvgIpc) is 3.00. The van der Waals surface area contributed by atoms with Crippen molar-refractivity contribution in [3.63, 3.8) is 0 Å². The highest BCUT2D eigenvalue weighted by Gasteiger charge is 2.34. The molecule has 0 spiro atoms. The Kier molecular flexibility index (Phi) is 12.9. The van der Waals surface area contributed by atoms with Crippen LogP contribution in [-0.4, -0.2) is 78.2 Å². The highest BCUT2D eigenvalue weighted by molar-refractivity contribution is 6.31. The largest absolute Gasteiger partial charge is 0.633 e. The molecule has 1 aliphatic carbocycles. The molecule has 1 aromatic heterocycles. The summed E-state index contributed by atoms with van der Waals surface area (Å²) in [5.41, 5.74) is 2.32. The summed E-state index contributed by atoms with van der Waals surface area (Å²) in [5.74, 6) is -0.508. The van der Waals surface area contributed by atoms with Crippen LogP contribution in [0.3, 0.4) is 0 Å². The number of carbonyl (C=O) groups is 2. The van der Waals surface area contributed by atoms with Gasteiger partial charge >= 0.3 is 0 Å². The first-order chi connectivity index (χ1) is 20.2. The Morgan fingerprint density at radius 1 is 0.619 bits per heavy atom. The normalized spacial score (nSPS) is 13.2. The van der Waals surface area contributed by atoms with E-state index < -0.39 is 0 Å². The van der Waals surface area contributed by atoms with Gasteiger partial charge in [-0.1, -0.05) is 53.4 Å². The van der Waals surface area contributed by atoms with Crippen LogP contribution in [0.5, 0.6) is 0 Å². The van der Waals surface area contributed by atoms with Gasteiger partial charge in [0.2, 0.25) is 0 Å². The van der Waals surface area contributed by atoms with Crippen molar-refractivity contribution in [2.75, 3.05) is 63.0 Å². The number of pyridine rings is 1. The Bertz CT molecular complexity index is 1080. The van der Waals surface area contributed by atoms with Gasteiger partial charge in [-0.2, -0.15) is 0 Å². The summed E-state index contributed by atoms with van der Waals surface area (Å²) in [6.45, 7) is 12.2. The lowest BCUT2D eigenvalue weighted by atomic mass is 9.83. The molecule has 232 valence electrons. The van der Waals surface area contributed by atoms with Gasteiger partial charge in [-0.05, 0) is 43.9 Å². The molecule has 1 aliphatic rings. The summed E-state index contributed by atoms with van der Waals surface area (Å²) in [6.07, 6.45) is 10.3. The highest BCUT2D eigenvalue weighted by Crippen LogP contribution is 2.36. The summed E-state index contributed by atoms with van der Waals surface area (Å²) in [5, 5.41) is 33.7. The van der Waals surface area contributed by atoms with Gasteiger partial charge in [-0.3, -0.25) is 14.6 Å². The van der Waals surface area contributed by atoms with Crippen molar-refractivity contribution in [1.82, 2.24) is 4.98 Å². The molecule has 42 heavy (non-hydrogen) atoms. The maximum Gasteiger partial charge on any atom is 0.198 e. The first kappa shape index (κ1) is 33.6. The number of ketones is 2. The lowest BCUT2D eigenvalue weighted by Gasteiger charge is -2.43. The van der Waals surface area contributed by atoms with Gasteiger partial charge in [0.05, 0.1) is 69.0 Å². The molecule has 0 saturated heterocycles. The van der Waals surface area contributed by atoms with Crippen molar-refractivity contribution in [2.24, 2.45) is 0 Å². The predicted molar refractivity (Wildman–Crippen MR) is 171 cm³/mol. The minimum Gasteiger partial charge on any atom is -0.633 e. The van der Waals surface area contributed by atoms with Crippen LogP contribution in [-0.2, 0) is 0 Å². The second-order valence-corrected chi connectivity index (χ2v) is 11.7. The van der Waals surface area contributed by atoms with Crippen LogP contribution >= 0.6 is 0 Å². The number of unbranched alkanes of at least 4 members (excludes halogenated alkanes) is 4. The Morgan fingerprint density at radius 3 is 1.43 bits per heavy atom. The third kappa shape index (κ3) is 8.60. The smallest absolute Gasteiger partial charge is 0.198 e. The van der Waals surface area contributed by atoms with Crippen LogP contribution in [0.25, 0.3) is 0 Å². The van der Waals surface area contributed by atoms with Gasteiger partial charge in [-0.25, -0.2) is 0 Å². The first-order valence-electron chi connectivity index (χ1n) is 16.0. The van der Waals surface area contributed by atoms with Crippen LogP contribution in [0, 0.1) is 10.4 Å². The fourth-order valence-corrected chi connectivity index (χ4v) is 5.66. The SMILES string of the molecule is CCCC[N+]([O-])(CCCC)CCNc1ccc(NCC[N+]([O-])(CCCC)CCCC)c2c1C(=O)c1ccncc1C2=O. The molecule has 2 aromatic rings. The van der Waals surface area contributed by atoms with Crippen LogP contribution < -0.4 is 10.6 Å². The number of anilines is 2. The molecule has 0 amide bonds. The Hall–Kier alpha value is -2.85. The molecule has 1 aromatic carbocycles. The van der Waals surface area contributed by atoms with Gasteiger partial charge in [0.25, 0.3) is 0 Å². The molecule has 0 aliphatic heterocycles. The van der Waals surface area contributed by atoms with E-state index >= 15 is 0 Å². The molecule has 0 fully saturated rings. The molecule has 3 rings (SSSR count). The fraction of sp³-hybridized carbons (Fsp3) is 0.606. The third-order valence-electron chi connectivity index (χ3n) is 8.32. The highest BCUT2D eigenvalue weighted by atomic mass is 16.5. The summed E-state index contributed by atoms with van der Waals surface area (Å²) >= 11 is 0. The van der Waals surface area contributed by atoms with E-state index in [0.717, 1.165) is 51.4 Å². The number of hydrogen-bond acceptors (Lipinski definition) is 7. The van der Waals surface area contributed by atoms with Crippen molar-refractivity contribution in [3.8, 4) is 0 Å². The maximum atomic E-state index is 13.8. The fourth-order valence-electron chi connectivity index (χ4n) is 5.66. The number of aromatic nitrogens is 1. The molecule has 0 unspecified atom stereocenters. The maximum absolute atomic E-state index is 13.8. The molecule has 0 atom stereocenters. The number of fused-ring (bicyclic) bond motifs is 2. The van der Waals surface area contributed by atoms with Gasteiger partial charge in [0.1, 0.15) is 0 Å². The topological polar surface area (TPSA) is 117 Å². The van der Waals surface area contributed by atoms with E-state index in [4.69, 9.17) is 0 Å². The molecule has 2 N–H and O–H groups in total. The molecule has 0 radical (unpaired) electrons. The number of rotatable bonds is 20. The Balaban J connectivity index is 1.86. The predicted octanol–water partition coefficient (Wildman–Crippen LogP) is 6.51. The summed E-state index contributed by atoms with van der Waals surface area (Å²) in [7, 11) is 0. The van der Waals surface area contributed by atoms with Crippen molar-refractivity contribution < 1.29 is 18.9 Å². The average molecular weight is 582 g/mol. The van der Waals surface area contributed by atoms with Crippen molar-refractivity contribution >= 4 is 22.9 Å². The number of carbonyl (C=O) groups excluding carboxylic acids is 2. The monoisotopic (exact) mass is 581 g/mol. The van der Waals surface area contributed by atoms with E-state index in [1.54, 1.807) is 12.1 Å². The van der Waals surface area contributed by atoms with Gasteiger partial charge in [0.15, 0.2) is 11.6 Å². The zero-order valence-corrected chi connectivity index (χ0v) is 26.2. The van der Waals surface area contributed by atoms with E-state index in [-0.39, 0.29) is 26.4 Å². The standard InChI is InChI=1S/C33H51N5O4/c1-5-9-19-37(41,20-10-6-2)23-17-35-28-13-14-29(36-18-24-38(42,21-11-7-3)22-12-8-4)31-30(28)32(39)26-15-16-34-25-27(26)33(31)40/h13-16,25,35-36H,5-12,17-24H2,1-4H3. The number of nitrogens with one attached hydrogen (secondary N) is 2. The van der Waals surface area contributed by atoms with E-state index in [9.17, 15) is 20.0 Å². The van der Waals surface area contributed by atoms with E-state index in [0.29, 0.717) is 80.4 Å². The number of quaternary nitrogens is 2. The lowest BCUT2D eigenvalue weighted by Crippen LogP contribution is -2.47. The van der Waals surface area contributed by atoms with E-state index in [1.807, 2.05) is 6.07 Å². The summed E-state index contributed by atoms with van der Waals surface area (Å²) < 4.78 is -0.523. The molecule has 9 heteroatoms. The number of hydroxylamine groups is 6. The Labute approximate surface area is 252 Å². The lowest BCUT2D eigenvalue weighted by molar-refractivity contribution is -0.879. The van der Waals surface area contributed by atoms with E-state index in [2.05, 4.69) is 43.3 Å². The van der Waals surface area contributed by atoms with Crippen LogP contribution in [0.15, 0.2) is 30.6 Å². The molecule has 0 saturated carbocycles.